The van der Waals surface area contributed by atoms with Gasteiger partial charge in [-0.15, -0.1) is 0 Å². The van der Waals surface area contributed by atoms with Crippen LogP contribution in [0.25, 0.3) is 0 Å². The van der Waals surface area contributed by atoms with Crippen molar-refractivity contribution in [2.24, 2.45) is 0 Å². The zero-order chi connectivity index (χ0) is 11.4. The second-order valence-electron chi connectivity index (χ2n) is 2.86. The monoisotopic (exact) mass is 227 g/mol. The van der Waals surface area contributed by atoms with Crippen LogP contribution in [0.2, 0.25) is 0 Å². The van der Waals surface area contributed by atoms with Gasteiger partial charge in [-0.1, -0.05) is 11.3 Å². The van der Waals surface area contributed by atoms with Crippen LogP contribution >= 0.6 is 11.3 Å². The molecule has 2 aromatic rings. The first-order chi connectivity index (χ1) is 7.83. The number of benzene rings is 1. The fourth-order valence-corrected chi connectivity index (χ4v) is 1.62. The zero-order valence-electron chi connectivity index (χ0n) is 8.04. The van der Waals surface area contributed by atoms with Gasteiger partial charge in [0.2, 0.25) is 5.06 Å². The van der Waals surface area contributed by atoms with Crippen LogP contribution in [0.15, 0.2) is 29.9 Å². The summed E-state index contributed by atoms with van der Waals surface area (Å²) in [7, 11) is 0. The lowest BCUT2D eigenvalue weighted by Crippen LogP contribution is -1.87. The van der Waals surface area contributed by atoms with E-state index >= 15 is 0 Å². The van der Waals surface area contributed by atoms with E-state index in [4.69, 9.17) is 15.3 Å². The van der Waals surface area contributed by atoms with Crippen molar-refractivity contribution in [1.29, 1.82) is 10.5 Å². The third kappa shape index (κ3) is 2.00. The van der Waals surface area contributed by atoms with Crippen molar-refractivity contribution in [3.8, 4) is 23.0 Å². The summed E-state index contributed by atoms with van der Waals surface area (Å²) in [5.74, 6) is 0.380. The Bertz CT molecular complexity index is 578. The van der Waals surface area contributed by atoms with Crippen molar-refractivity contribution in [1.82, 2.24) is 4.98 Å². The molecule has 76 valence electrons. The van der Waals surface area contributed by atoms with Gasteiger partial charge >= 0.3 is 0 Å². The minimum absolute atomic E-state index is 0.380. The minimum Gasteiger partial charge on any atom is -0.444 e. The van der Waals surface area contributed by atoms with Gasteiger partial charge < -0.3 is 4.74 Å². The van der Waals surface area contributed by atoms with Gasteiger partial charge in [-0.2, -0.15) is 10.5 Å². The van der Waals surface area contributed by atoms with Gasteiger partial charge in [-0.05, 0) is 18.2 Å². The first kappa shape index (κ1) is 10.2. The molecular weight excluding hydrogens is 222 g/mol. The smallest absolute Gasteiger partial charge is 0.200 e. The van der Waals surface area contributed by atoms with Gasteiger partial charge in [-0.25, -0.2) is 4.98 Å². The molecule has 0 fully saturated rings. The van der Waals surface area contributed by atoms with Crippen molar-refractivity contribution in [2.45, 2.75) is 0 Å². The third-order valence-electron chi connectivity index (χ3n) is 1.85. The Labute approximate surface area is 96.0 Å². The van der Waals surface area contributed by atoms with E-state index in [-0.39, 0.29) is 0 Å². The predicted octanol–water partition coefficient (Wildman–Crippen LogP) is 2.68. The molecule has 0 bridgehead atoms. The van der Waals surface area contributed by atoms with Crippen LogP contribution in [0, 0.1) is 22.7 Å². The number of thiazole rings is 1. The molecule has 1 aromatic carbocycles. The summed E-state index contributed by atoms with van der Waals surface area (Å²) in [6.45, 7) is 0. The molecule has 0 aliphatic carbocycles. The predicted molar refractivity (Wildman–Crippen MR) is 58.1 cm³/mol. The average molecular weight is 227 g/mol. The average Bonchev–Trinajstić information content (AvgIpc) is 2.82. The van der Waals surface area contributed by atoms with Crippen LogP contribution in [0.4, 0.5) is 0 Å². The van der Waals surface area contributed by atoms with Crippen LogP contribution in [-0.4, -0.2) is 4.98 Å². The molecule has 1 aromatic heterocycles. The van der Waals surface area contributed by atoms with E-state index in [1.807, 2.05) is 12.1 Å². The summed E-state index contributed by atoms with van der Waals surface area (Å²) < 4.78 is 5.47. The largest absolute Gasteiger partial charge is 0.444 e. The standard InChI is InChI=1S/C11H5N3OS/c12-4-8-1-2-9(5-13)10(3-8)15-11-6-14-7-16-11/h1-3,6-7H. The van der Waals surface area contributed by atoms with E-state index < -0.39 is 0 Å². The van der Waals surface area contributed by atoms with Crippen LogP contribution in [-0.2, 0) is 0 Å². The molecule has 1 heterocycles. The summed E-state index contributed by atoms with van der Waals surface area (Å²) in [4.78, 5) is 3.86. The lowest BCUT2D eigenvalue weighted by Gasteiger charge is -2.04. The fourth-order valence-electron chi connectivity index (χ4n) is 1.13. The van der Waals surface area contributed by atoms with E-state index in [2.05, 4.69) is 4.98 Å². The Morgan fingerprint density at radius 2 is 2.12 bits per heavy atom. The molecule has 16 heavy (non-hydrogen) atoms. The molecule has 0 atom stereocenters. The highest BCUT2D eigenvalue weighted by Crippen LogP contribution is 2.28. The van der Waals surface area contributed by atoms with E-state index in [9.17, 15) is 0 Å². The first-order valence-corrected chi connectivity index (χ1v) is 5.22. The quantitative estimate of drug-likeness (QED) is 0.790. The molecule has 0 aliphatic heterocycles. The fraction of sp³-hybridized carbons (Fsp3) is 0. The first-order valence-electron chi connectivity index (χ1n) is 4.34. The third-order valence-corrected chi connectivity index (χ3v) is 2.50. The number of nitrogens with zero attached hydrogens (tertiary/aromatic N) is 3. The van der Waals surface area contributed by atoms with E-state index in [1.165, 1.54) is 17.4 Å². The molecule has 0 radical (unpaired) electrons. The Kier molecular flexibility index (Phi) is 2.81. The molecule has 0 aliphatic rings. The van der Waals surface area contributed by atoms with Gasteiger partial charge in [-0.3, -0.25) is 0 Å². The van der Waals surface area contributed by atoms with Crippen molar-refractivity contribution >= 4 is 11.3 Å². The lowest BCUT2D eigenvalue weighted by atomic mass is 10.1. The van der Waals surface area contributed by atoms with E-state index in [0.29, 0.717) is 21.9 Å². The lowest BCUT2D eigenvalue weighted by molar-refractivity contribution is 0.493. The van der Waals surface area contributed by atoms with Gasteiger partial charge in [0.1, 0.15) is 11.8 Å². The van der Waals surface area contributed by atoms with Crippen LogP contribution < -0.4 is 4.74 Å². The molecule has 0 spiro atoms. The van der Waals surface area contributed by atoms with Gasteiger partial charge in [0, 0.05) is 0 Å². The molecule has 0 amide bonds. The maximum atomic E-state index is 8.89. The highest BCUT2D eigenvalue weighted by atomic mass is 32.1. The summed E-state index contributed by atoms with van der Waals surface area (Å²) in [5, 5.41) is 18.2. The maximum absolute atomic E-state index is 8.89. The maximum Gasteiger partial charge on any atom is 0.200 e. The van der Waals surface area contributed by atoms with Crippen molar-refractivity contribution in [3.63, 3.8) is 0 Å². The van der Waals surface area contributed by atoms with Gasteiger partial charge in [0.15, 0.2) is 0 Å². The molecule has 0 unspecified atom stereocenters. The van der Waals surface area contributed by atoms with E-state index in [1.54, 1.807) is 23.8 Å². The van der Waals surface area contributed by atoms with Gasteiger partial charge in [0.25, 0.3) is 0 Å². The Morgan fingerprint density at radius 1 is 1.25 bits per heavy atom. The summed E-state index contributed by atoms with van der Waals surface area (Å²) in [5.41, 5.74) is 2.49. The molecule has 5 heteroatoms. The Morgan fingerprint density at radius 3 is 2.75 bits per heavy atom. The van der Waals surface area contributed by atoms with Crippen LogP contribution in [0.3, 0.4) is 0 Å². The number of rotatable bonds is 2. The molecular formula is C11H5N3OS. The van der Waals surface area contributed by atoms with Gasteiger partial charge in [0.05, 0.1) is 28.9 Å². The summed E-state index contributed by atoms with van der Waals surface area (Å²) in [6, 6.07) is 8.69. The Balaban J connectivity index is 2.39. The normalized spacial score (nSPS) is 9.12. The highest BCUT2D eigenvalue weighted by molar-refractivity contribution is 7.11. The molecule has 2 rings (SSSR count). The molecule has 4 nitrogen and oxygen atoms in total. The van der Waals surface area contributed by atoms with Crippen molar-refractivity contribution in [2.75, 3.05) is 0 Å². The second-order valence-corrected chi connectivity index (χ2v) is 3.71. The SMILES string of the molecule is N#Cc1ccc(C#N)c(Oc2cncs2)c1. The summed E-state index contributed by atoms with van der Waals surface area (Å²) in [6.07, 6.45) is 1.56. The number of ether oxygens (including phenoxy) is 1. The molecule has 0 saturated carbocycles. The topological polar surface area (TPSA) is 69.7 Å². The number of nitriles is 2. The minimum atomic E-state index is 0.380. The van der Waals surface area contributed by atoms with E-state index in [0.717, 1.165) is 0 Å². The second kappa shape index (κ2) is 4.43. The number of hydrogen-bond donors (Lipinski definition) is 0. The highest BCUT2D eigenvalue weighted by Gasteiger charge is 2.06. The number of hydrogen-bond acceptors (Lipinski definition) is 5. The van der Waals surface area contributed by atoms with Crippen LogP contribution in [0.1, 0.15) is 11.1 Å². The van der Waals surface area contributed by atoms with Crippen LogP contribution in [0.5, 0.6) is 10.8 Å². The van der Waals surface area contributed by atoms with Crippen molar-refractivity contribution < 1.29 is 4.74 Å². The summed E-state index contributed by atoms with van der Waals surface area (Å²) >= 11 is 1.32. The number of aromatic nitrogens is 1. The Hall–Kier alpha value is -2.37. The molecule has 0 N–H and O–H groups in total. The van der Waals surface area contributed by atoms with Crippen molar-refractivity contribution in [3.05, 3.63) is 41.0 Å². The zero-order valence-corrected chi connectivity index (χ0v) is 8.86. The molecule has 0 saturated heterocycles.